The maximum atomic E-state index is 13.1. The Morgan fingerprint density at radius 2 is 1.66 bits per heavy atom. The first-order chi connectivity index (χ1) is 15.6. The lowest BCUT2D eigenvalue weighted by Gasteiger charge is -2.20. The number of aromatic nitrogens is 4. The van der Waals surface area contributed by atoms with Crippen LogP contribution in [0.25, 0.3) is 11.1 Å². The molecule has 0 bridgehead atoms. The van der Waals surface area contributed by atoms with Gasteiger partial charge in [0.05, 0.1) is 11.3 Å². The highest BCUT2D eigenvalue weighted by Gasteiger charge is 2.31. The van der Waals surface area contributed by atoms with Gasteiger partial charge >= 0.3 is 12.1 Å². The molecule has 1 heterocycles. The summed E-state index contributed by atoms with van der Waals surface area (Å²) in [7, 11) is 0. The van der Waals surface area contributed by atoms with Crippen molar-refractivity contribution < 1.29 is 19.4 Å². The number of aromatic carboxylic acids is 1. The number of carboxylic acids is 1. The van der Waals surface area contributed by atoms with Gasteiger partial charge in [0.1, 0.15) is 6.61 Å². The van der Waals surface area contributed by atoms with E-state index in [0.717, 1.165) is 27.2 Å². The summed E-state index contributed by atoms with van der Waals surface area (Å²) >= 11 is 0. The Balaban J connectivity index is 1.44. The summed E-state index contributed by atoms with van der Waals surface area (Å²) in [5.74, 6) is -1.29. The number of fused-ring (bicyclic) bond motifs is 3. The number of nitrogens with one attached hydrogen (secondary N) is 1. The molecule has 3 aromatic carbocycles. The molecule has 158 valence electrons. The van der Waals surface area contributed by atoms with Crippen molar-refractivity contribution in [1.29, 1.82) is 0 Å². The lowest BCUT2D eigenvalue weighted by molar-refractivity contribution is 0.0696. The highest BCUT2D eigenvalue weighted by Crippen LogP contribution is 2.44. The molecule has 4 aromatic rings. The highest BCUT2D eigenvalue weighted by atomic mass is 16.6. The summed E-state index contributed by atoms with van der Waals surface area (Å²) in [6.45, 7) is 0.0971. The summed E-state index contributed by atoms with van der Waals surface area (Å²) in [6.07, 6.45) is -0.740. The van der Waals surface area contributed by atoms with Crippen LogP contribution in [0.5, 0.6) is 0 Å². The van der Waals surface area contributed by atoms with E-state index in [1.807, 2.05) is 36.4 Å². The second-order valence-electron chi connectivity index (χ2n) is 7.21. The van der Waals surface area contributed by atoms with E-state index < -0.39 is 12.1 Å². The molecular formula is C23H17N5O4. The Kier molecular flexibility index (Phi) is 4.83. The maximum absolute atomic E-state index is 13.1. The zero-order chi connectivity index (χ0) is 22.1. The predicted octanol–water partition coefficient (Wildman–Crippen LogP) is 3.99. The molecule has 0 fully saturated rings. The number of ether oxygens (including phenoxy) is 1. The zero-order valence-corrected chi connectivity index (χ0v) is 16.7. The summed E-state index contributed by atoms with van der Waals surface area (Å²) in [5, 5.41) is 22.9. The van der Waals surface area contributed by atoms with Crippen LogP contribution < -0.4 is 4.90 Å². The third kappa shape index (κ3) is 3.35. The number of benzene rings is 3. The van der Waals surface area contributed by atoms with Crippen LogP contribution in [0.15, 0.2) is 72.8 Å². The Bertz CT molecular complexity index is 1260. The monoisotopic (exact) mass is 427 g/mol. The summed E-state index contributed by atoms with van der Waals surface area (Å²) in [4.78, 5) is 25.6. The Morgan fingerprint density at radius 1 is 0.969 bits per heavy atom. The normalized spacial score (nSPS) is 12.1. The molecule has 0 unspecified atom stereocenters. The molecule has 1 aliphatic carbocycles. The van der Waals surface area contributed by atoms with Gasteiger partial charge < -0.3 is 9.84 Å². The molecule has 9 heteroatoms. The number of H-pyrrole nitrogens is 1. The van der Waals surface area contributed by atoms with Gasteiger partial charge in [-0.3, -0.25) is 0 Å². The molecule has 0 aliphatic heterocycles. The zero-order valence-electron chi connectivity index (χ0n) is 16.7. The number of nitrogens with zero attached hydrogens (tertiary/aromatic N) is 4. The Morgan fingerprint density at radius 3 is 2.28 bits per heavy atom. The molecule has 1 aromatic heterocycles. The van der Waals surface area contributed by atoms with Crippen LogP contribution in [0.1, 0.15) is 27.4 Å². The first-order valence-corrected chi connectivity index (χ1v) is 9.85. The predicted molar refractivity (Wildman–Crippen MR) is 115 cm³/mol. The Hall–Kier alpha value is -4.53. The molecule has 0 spiro atoms. The number of aromatic amines is 1. The Labute approximate surface area is 182 Å². The van der Waals surface area contributed by atoms with E-state index in [2.05, 4.69) is 32.8 Å². The highest BCUT2D eigenvalue weighted by molar-refractivity contribution is 5.96. The van der Waals surface area contributed by atoms with Crippen LogP contribution in [0, 0.1) is 0 Å². The molecule has 9 nitrogen and oxygen atoms in total. The third-order valence-corrected chi connectivity index (χ3v) is 5.40. The third-order valence-electron chi connectivity index (χ3n) is 5.40. The van der Waals surface area contributed by atoms with Crippen LogP contribution in [0.2, 0.25) is 0 Å². The smallest absolute Gasteiger partial charge is 0.421 e. The lowest BCUT2D eigenvalue weighted by Crippen LogP contribution is -2.29. The molecule has 2 N–H and O–H groups in total. The molecule has 1 aliphatic rings. The van der Waals surface area contributed by atoms with Gasteiger partial charge in [0, 0.05) is 5.92 Å². The fourth-order valence-electron chi connectivity index (χ4n) is 3.99. The van der Waals surface area contributed by atoms with Gasteiger partial charge in [-0.25, -0.2) is 14.5 Å². The van der Waals surface area contributed by atoms with Crippen molar-refractivity contribution in [2.45, 2.75) is 5.92 Å². The van der Waals surface area contributed by atoms with Crippen molar-refractivity contribution in [3.63, 3.8) is 0 Å². The van der Waals surface area contributed by atoms with E-state index in [1.165, 1.54) is 18.2 Å². The van der Waals surface area contributed by atoms with Crippen molar-refractivity contribution in [3.05, 3.63) is 89.5 Å². The molecule has 0 saturated carbocycles. The van der Waals surface area contributed by atoms with Crippen LogP contribution in [-0.2, 0) is 4.74 Å². The molecule has 32 heavy (non-hydrogen) atoms. The molecular weight excluding hydrogens is 410 g/mol. The largest absolute Gasteiger partial charge is 0.478 e. The minimum absolute atomic E-state index is 0.0162. The number of carboxylic acid groups (broad SMARTS) is 1. The number of carbonyl (C=O) groups excluding carboxylic acids is 1. The van der Waals surface area contributed by atoms with Crippen molar-refractivity contribution >= 4 is 23.7 Å². The van der Waals surface area contributed by atoms with Crippen LogP contribution in [0.4, 0.5) is 16.4 Å². The van der Waals surface area contributed by atoms with Gasteiger partial charge in [-0.1, -0.05) is 59.7 Å². The molecule has 5 rings (SSSR count). The molecule has 0 saturated heterocycles. The maximum Gasteiger partial charge on any atom is 0.421 e. The quantitative estimate of drug-likeness (QED) is 0.494. The molecule has 1 amide bonds. The van der Waals surface area contributed by atoms with Crippen LogP contribution in [0.3, 0.4) is 0 Å². The van der Waals surface area contributed by atoms with Gasteiger partial charge in [-0.2, -0.15) is 5.21 Å². The van der Waals surface area contributed by atoms with Gasteiger partial charge in [0.2, 0.25) is 0 Å². The SMILES string of the molecule is O=C(O)c1cccc(N(C(=O)OCC2c3ccccc3-c3ccccc32)c2nn[nH]n2)c1. The standard InChI is InChI=1S/C23H17N5O4/c29-21(30)14-6-5-7-15(12-14)28(22-24-26-27-25-22)23(31)32-13-20-18-10-3-1-8-16(18)17-9-2-4-11-19(17)20/h1-12,20H,13H2,(H,29,30)(H,24,25,26,27). The number of amides is 1. The van der Waals surface area contributed by atoms with Gasteiger partial charge in [-0.05, 0) is 45.7 Å². The van der Waals surface area contributed by atoms with Crippen LogP contribution >= 0.6 is 0 Å². The average molecular weight is 427 g/mol. The number of carbonyl (C=O) groups is 2. The number of tetrazole rings is 1. The van der Waals surface area contributed by atoms with Crippen molar-refractivity contribution in [2.75, 3.05) is 11.5 Å². The van der Waals surface area contributed by atoms with E-state index in [9.17, 15) is 14.7 Å². The molecule has 0 radical (unpaired) electrons. The first kappa shape index (κ1) is 19.4. The van der Waals surface area contributed by atoms with Crippen LogP contribution in [-0.4, -0.2) is 44.4 Å². The van der Waals surface area contributed by atoms with Gasteiger partial charge in [-0.15, -0.1) is 5.10 Å². The minimum Gasteiger partial charge on any atom is -0.478 e. The summed E-state index contributed by atoms with van der Waals surface area (Å²) in [6, 6.07) is 21.9. The van der Waals surface area contributed by atoms with E-state index in [-0.39, 0.29) is 29.7 Å². The number of anilines is 2. The average Bonchev–Trinajstić information content (AvgIpc) is 3.45. The fraction of sp³-hybridized carbons (Fsp3) is 0.0870. The van der Waals surface area contributed by atoms with Crippen molar-refractivity contribution in [2.24, 2.45) is 0 Å². The minimum atomic E-state index is -1.12. The first-order valence-electron chi connectivity index (χ1n) is 9.85. The van der Waals surface area contributed by atoms with Gasteiger partial charge in [0.15, 0.2) is 0 Å². The van der Waals surface area contributed by atoms with E-state index in [4.69, 9.17) is 4.74 Å². The van der Waals surface area contributed by atoms with Crippen molar-refractivity contribution in [1.82, 2.24) is 20.6 Å². The van der Waals surface area contributed by atoms with E-state index in [0.29, 0.717) is 0 Å². The summed E-state index contributed by atoms with van der Waals surface area (Å²) < 4.78 is 5.70. The van der Waals surface area contributed by atoms with Gasteiger partial charge in [0.25, 0.3) is 5.95 Å². The second-order valence-corrected chi connectivity index (χ2v) is 7.21. The number of rotatable bonds is 5. The van der Waals surface area contributed by atoms with Crippen molar-refractivity contribution in [3.8, 4) is 11.1 Å². The van der Waals surface area contributed by atoms with E-state index in [1.54, 1.807) is 6.07 Å². The topological polar surface area (TPSA) is 121 Å². The fourth-order valence-corrected chi connectivity index (χ4v) is 3.99. The lowest BCUT2D eigenvalue weighted by atomic mass is 9.98. The molecule has 0 atom stereocenters. The summed E-state index contributed by atoms with van der Waals surface area (Å²) in [5.41, 5.74) is 4.67. The number of hydrogen-bond donors (Lipinski definition) is 2. The van der Waals surface area contributed by atoms with E-state index >= 15 is 0 Å². The number of hydrogen-bond acceptors (Lipinski definition) is 6. The second kappa shape index (κ2) is 7.95.